The van der Waals surface area contributed by atoms with Crippen LogP contribution in [-0.4, -0.2) is 56.1 Å². The van der Waals surface area contributed by atoms with Crippen molar-refractivity contribution in [2.45, 2.75) is 6.54 Å². The van der Waals surface area contributed by atoms with Crippen LogP contribution in [-0.2, 0) is 16.6 Å². The van der Waals surface area contributed by atoms with Crippen LogP contribution in [0.4, 0.5) is 9.18 Å². The van der Waals surface area contributed by atoms with Gasteiger partial charge in [-0.3, -0.25) is 0 Å². The molecule has 1 aliphatic rings. The van der Waals surface area contributed by atoms with Gasteiger partial charge >= 0.3 is 6.03 Å². The number of sulfonamides is 1. The minimum absolute atomic E-state index is 0.218. The molecule has 2 rings (SSSR count). The zero-order valence-electron chi connectivity index (χ0n) is 12.1. The number of carbonyl (C=O) groups excluding carboxylic acids is 1. The molecular formula is C13H17BrFN3O3S. The predicted molar refractivity (Wildman–Crippen MR) is 84.3 cm³/mol. The first-order valence-corrected chi connectivity index (χ1v) is 9.33. The first kappa shape index (κ1) is 17.2. The Bertz CT molecular complexity index is 660. The van der Waals surface area contributed by atoms with E-state index in [-0.39, 0.29) is 18.4 Å². The van der Waals surface area contributed by atoms with Crippen LogP contribution in [0.5, 0.6) is 0 Å². The van der Waals surface area contributed by atoms with Crippen molar-refractivity contribution in [1.82, 2.24) is 14.5 Å². The lowest BCUT2D eigenvalue weighted by atomic mass is 10.2. The molecule has 9 heteroatoms. The number of nitrogens with one attached hydrogen (secondary N) is 1. The van der Waals surface area contributed by atoms with Crippen molar-refractivity contribution >= 4 is 32.0 Å². The summed E-state index contributed by atoms with van der Waals surface area (Å²) in [6, 6.07) is 4.37. The van der Waals surface area contributed by atoms with Crippen molar-refractivity contribution in [2.24, 2.45) is 0 Å². The van der Waals surface area contributed by atoms with Gasteiger partial charge in [-0.1, -0.05) is 6.07 Å². The molecule has 0 aromatic heterocycles. The Hall–Kier alpha value is -1.19. The standard InChI is InChI=1S/C13H17BrFN3O3S/c1-22(20,21)18-6-4-17(5-7-18)13(19)16-9-10-2-3-11(14)12(15)8-10/h2-3,8H,4-7,9H2,1H3,(H,16,19). The largest absolute Gasteiger partial charge is 0.334 e. The average Bonchev–Trinajstić information content (AvgIpc) is 2.47. The summed E-state index contributed by atoms with van der Waals surface area (Å²) >= 11 is 3.07. The Balaban J connectivity index is 1.85. The van der Waals surface area contributed by atoms with Crippen LogP contribution in [0.2, 0.25) is 0 Å². The van der Waals surface area contributed by atoms with Crippen molar-refractivity contribution in [3.8, 4) is 0 Å². The number of hydrogen-bond donors (Lipinski definition) is 1. The molecule has 1 heterocycles. The van der Waals surface area contributed by atoms with Crippen molar-refractivity contribution in [3.63, 3.8) is 0 Å². The first-order valence-electron chi connectivity index (χ1n) is 6.69. The van der Waals surface area contributed by atoms with E-state index in [1.165, 1.54) is 10.4 Å². The van der Waals surface area contributed by atoms with E-state index in [9.17, 15) is 17.6 Å². The van der Waals surface area contributed by atoms with Crippen molar-refractivity contribution < 1.29 is 17.6 Å². The van der Waals surface area contributed by atoms with Gasteiger partial charge in [0, 0.05) is 32.7 Å². The van der Waals surface area contributed by atoms with Gasteiger partial charge in [0.1, 0.15) is 5.82 Å². The molecule has 1 aromatic carbocycles. The van der Waals surface area contributed by atoms with E-state index >= 15 is 0 Å². The molecule has 0 atom stereocenters. The highest BCUT2D eigenvalue weighted by Crippen LogP contribution is 2.16. The third-order valence-corrected chi connectivity index (χ3v) is 5.37. The van der Waals surface area contributed by atoms with Crippen LogP contribution in [0.15, 0.2) is 22.7 Å². The Morgan fingerprint density at radius 3 is 2.50 bits per heavy atom. The average molecular weight is 394 g/mol. The van der Waals surface area contributed by atoms with E-state index in [2.05, 4.69) is 21.2 Å². The molecule has 22 heavy (non-hydrogen) atoms. The van der Waals surface area contributed by atoms with Crippen molar-refractivity contribution in [2.75, 3.05) is 32.4 Å². The Kier molecular flexibility index (Phi) is 5.41. The number of rotatable bonds is 3. The first-order chi connectivity index (χ1) is 10.3. The normalized spacial score (nSPS) is 16.6. The topological polar surface area (TPSA) is 69.7 Å². The molecule has 122 valence electrons. The number of carbonyl (C=O) groups is 1. The predicted octanol–water partition coefficient (Wildman–Crippen LogP) is 1.38. The zero-order valence-corrected chi connectivity index (χ0v) is 14.5. The van der Waals surface area contributed by atoms with Crippen LogP contribution in [0.25, 0.3) is 0 Å². The molecule has 2 amide bonds. The number of nitrogens with zero attached hydrogens (tertiary/aromatic N) is 2. The third-order valence-electron chi connectivity index (χ3n) is 3.42. The van der Waals surface area contributed by atoms with Gasteiger partial charge in [0.05, 0.1) is 10.7 Å². The SMILES string of the molecule is CS(=O)(=O)N1CCN(C(=O)NCc2ccc(Br)c(F)c2)CC1. The van der Waals surface area contributed by atoms with Gasteiger partial charge in [0.15, 0.2) is 0 Å². The summed E-state index contributed by atoms with van der Waals surface area (Å²) in [4.78, 5) is 13.6. The second-order valence-corrected chi connectivity index (χ2v) is 7.89. The summed E-state index contributed by atoms with van der Waals surface area (Å²) < 4.78 is 37.9. The monoisotopic (exact) mass is 393 g/mol. The molecule has 0 radical (unpaired) electrons. The zero-order chi connectivity index (χ0) is 16.3. The van der Waals surface area contributed by atoms with E-state index in [4.69, 9.17) is 0 Å². The molecule has 1 saturated heterocycles. The summed E-state index contributed by atoms with van der Waals surface area (Å²) in [7, 11) is -3.21. The molecule has 0 aliphatic carbocycles. The minimum Gasteiger partial charge on any atom is -0.334 e. The third kappa shape index (κ3) is 4.40. The smallest absolute Gasteiger partial charge is 0.317 e. The fourth-order valence-electron chi connectivity index (χ4n) is 2.16. The molecule has 6 nitrogen and oxygen atoms in total. The van der Waals surface area contributed by atoms with Crippen LogP contribution in [0.1, 0.15) is 5.56 Å². The number of halogens is 2. The molecule has 1 aliphatic heterocycles. The Morgan fingerprint density at radius 1 is 1.32 bits per heavy atom. The number of hydrogen-bond acceptors (Lipinski definition) is 3. The van der Waals surface area contributed by atoms with Crippen LogP contribution in [0.3, 0.4) is 0 Å². The maximum Gasteiger partial charge on any atom is 0.317 e. The van der Waals surface area contributed by atoms with Gasteiger partial charge in [0.25, 0.3) is 0 Å². The summed E-state index contributed by atoms with van der Waals surface area (Å²) in [5.74, 6) is -0.381. The van der Waals surface area contributed by atoms with Crippen molar-refractivity contribution in [3.05, 3.63) is 34.1 Å². The summed E-state index contributed by atoms with van der Waals surface area (Å²) in [5.41, 5.74) is 0.656. The van der Waals surface area contributed by atoms with Gasteiger partial charge in [-0.15, -0.1) is 0 Å². The number of benzene rings is 1. The van der Waals surface area contributed by atoms with E-state index < -0.39 is 10.0 Å². The van der Waals surface area contributed by atoms with E-state index in [1.807, 2.05) is 0 Å². The lowest BCUT2D eigenvalue weighted by Gasteiger charge is -2.33. The number of piperazine rings is 1. The van der Waals surface area contributed by atoms with Gasteiger partial charge in [-0.2, -0.15) is 4.31 Å². The van der Waals surface area contributed by atoms with Crippen LogP contribution < -0.4 is 5.32 Å². The fraction of sp³-hybridized carbons (Fsp3) is 0.462. The molecule has 0 bridgehead atoms. The summed E-state index contributed by atoms with van der Waals surface area (Å²) in [5, 5.41) is 2.71. The van der Waals surface area contributed by atoms with E-state index in [0.29, 0.717) is 36.2 Å². The van der Waals surface area contributed by atoms with Gasteiger partial charge in [-0.05, 0) is 33.6 Å². The summed E-state index contributed by atoms with van der Waals surface area (Å²) in [6.07, 6.45) is 1.16. The molecule has 0 unspecified atom stereocenters. The number of urea groups is 1. The lowest BCUT2D eigenvalue weighted by Crippen LogP contribution is -2.52. The fourth-order valence-corrected chi connectivity index (χ4v) is 3.24. The highest BCUT2D eigenvalue weighted by Gasteiger charge is 2.25. The minimum atomic E-state index is -3.21. The summed E-state index contributed by atoms with van der Waals surface area (Å²) in [6.45, 7) is 1.48. The molecular weight excluding hydrogens is 377 g/mol. The molecule has 0 saturated carbocycles. The van der Waals surface area contributed by atoms with Gasteiger partial charge < -0.3 is 10.2 Å². The molecule has 1 aromatic rings. The molecule has 1 fully saturated rings. The van der Waals surface area contributed by atoms with Crippen molar-refractivity contribution in [1.29, 1.82) is 0 Å². The van der Waals surface area contributed by atoms with Crippen LogP contribution in [0, 0.1) is 5.82 Å². The molecule has 0 spiro atoms. The maximum atomic E-state index is 13.4. The highest BCUT2D eigenvalue weighted by molar-refractivity contribution is 9.10. The quantitative estimate of drug-likeness (QED) is 0.842. The van der Waals surface area contributed by atoms with E-state index in [1.54, 1.807) is 17.0 Å². The second kappa shape index (κ2) is 6.93. The lowest BCUT2D eigenvalue weighted by molar-refractivity contribution is 0.172. The van der Waals surface area contributed by atoms with Gasteiger partial charge in [0.2, 0.25) is 10.0 Å². The van der Waals surface area contributed by atoms with E-state index in [0.717, 1.165) is 6.26 Å². The second-order valence-electron chi connectivity index (χ2n) is 5.06. The Morgan fingerprint density at radius 2 is 1.95 bits per heavy atom. The number of amides is 2. The van der Waals surface area contributed by atoms with Crippen LogP contribution >= 0.6 is 15.9 Å². The molecule has 1 N–H and O–H groups in total. The maximum absolute atomic E-state index is 13.4. The highest BCUT2D eigenvalue weighted by atomic mass is 79.9. The Labute approximate surface area is 137 Å². The van der Waals surface area contributed by atoms with Gasteiger partial charge in [-0.25, -0.2) is 17.6 Å².